The monoisotopic (exact) mass is 326 g/mol. The lowest BCUT2D eigenvalue weighted by atomic mass is 10.0. The first-order valence-electron chi connectivity index (χ1n) is 8.21. The van der Waals surface area contributed by atoms with Crippen molar-refractivity contribution in [3.05, 3.63) is 71.8 Å². The van der Waals surface area contributed by atoms with E-state index in [2.05, 4.69) is 0 Å². The second kappa shape index (κ2) is 8.08. The van der Waals surface area contributed by atoms with Crippen LogP contribution in [0.25, 0.3) is 0 Å². The third-order valence-electron chi connectivity index (χ3n) is 4.07. The number of benzene rings is 2. The number of cyclic esters (lactones) is 1. The van der Waals surface area contributed by atoms with Gasteiger partial charge >= 0.3 is 5.97 Å². The molecule has 0 atom stereocenters. The molecule has 0 aromatic heterocycles. The van der Waals surface area contributed by atoms with Gasteiger partial charge < -0.3 is 14.2 Å². The fourth-order valence-electron chi connectivity index (χ4n) is 2.78. The summed E-state index contributed by atoms with van der Waals surface area (Å²) in [5, 5.41) is 0. The van der Waals surface area contributed by atoms with Gasteiger partial charge in [0.1, 0.15) is 0 Å². The predicted molar refractivity (Wildman–Crippen MR) is 90.3 cm³/mol. The first-order chi connectivity index (χ1) is 11.8. The van der Waals surface area contributed by atoms with E-state index in [1.54, 1.807) is 0 Å². The lowest BCUT2D eigenvalue weighted by Crippen LogP contribution is -2.39. The summed E-state index contributed by atoms with van der Waals surface area (Å²) in [5.74, 6) is -0.179. The van der Waals surface area contributed by atoms with Crippen LogP contribution in [0.15, 0.2) is 60.7 Å². The lowest BCUT2D eigenvalue weighted by molar-refractivity contribution is -0.162. The van der Waals surface area contributed by atoms with Crippen molar-refractivity contribution in [1.82, 2.24) is 0 Å². The highest BCUT2D eigenvalue weighted by Gasteiger charge is 2.41. The van der Waals surface area contributed by atoms with E-state index >= 15 is 0 Å². The van der Waals surface area contributed by atoms with E-state index in [0.29, 0.717) is 39.3 Å². The van der Waals surface area contributed by atoms with Crippen molar-refractivity contribution in [2.75, 3.05) is 13.2 Å². The van der Waals surface area contributed by atoms with Crippen LogP contribution in [-0.2, 0) is 32.2 Å². The number of hydrogen-bond acceptors (Lipinski definition) is 4. The number of carbonyl (C=O) groups is 1. The summed E-state index contributed by atoms with van der Waals surface area (Å²) in [5.41, 5.74) is 1.53. The van der Waals surface area contributed by atoms with Gasteiger partial charge in [-0.25, -0.2) is 0 Å². The summed E-state index contributed by atoms with van der Waals surface area (Å²) in [7, 11) is 0. The Morgan fingerprint density at radius 3 is 1.75 bits per heavy atom. The van der Waals surface area contributed by atoms with E-state index < -0.39 is 5.60 Å². The molecule has 1 fully saturated rings. The second-order valence-electron chi connectivity index (χ2n) is 6.11. The Balaban J connectivity index is 1.51. The average molecular weight is 326 g/mol. The highest BCUT2D eigenvalue weighted by Crippen LogP contribution is 2.28. The van der Waals surface area contributed by atoms with Gasteiger partial charge in [0.15, 0.2) is 5.60 Å². The van der Waals surface area contributed by atoms with Gasteiger partial charge in [-0.15, -0.1) is 0 Å². The van der Waals surface area contributed by atoms with E-state index in [0.717, 1.165) is 11.1 Å². The standard InChI is InChI=1S/C20H22O4/c21-19-11-12-20(24-19,15-22-13-17-7-3-1-4-8-17)16-23-14-18-9-5-2-6-10-18/h1-10H,11-16H2. The zero-order valence-corrected chi connectivity index (χ0v) is 13.6. The van der Waals surface area contributed by atoms with Gasteiger partial charge in [0.25, 0.3) is 0 Å². The molecule has 0 aliphatic carbocycles. The number of rotatable bonds is 8. The molecule has 2 aromatic rings. The van der Waals surface area contributed by atoms with Gasteiger partial charge in [0.2, 0.25) is 0 Å². The molecule has 1 aliphatic heterocycles. The van der Waals surface area contributed by atoms with Gasteiger partial charge in [0.05, 0.1) is 26.4 Å². The molecular formula is C20H22O4. The first-order valence-corrected chi connectivity index (χ1v) is 8.21. The van der Waals surface area contributed by atoms with Crippen LogP contribution in [0.3, 0.4) is 0 Å². The summed E-state index contributed by atoms with van der Waals surface area (Å²) in [4.78, 5) is 11.6. The van der Waals surface area contributed by atoms with Crippen LogP contribution >= 0.6 is 0 Å². The molecule has 2 aromatic carbocycles. The van der Waals surface area contributed by atoms with E-state index in [1.807, 2.05) is 60.7 Å². The molecule has 0 unspecified atom stereocenters. The van der Waals surface area contributed by atoms with Gasteiger partial charge in [-0.1, -0.05) is 60.7 Å². The molecule has 4 nitrogen and oxygen atoms in total. The molecule has 0 bridgehead atoms. The summed E-state index contributed by atoms with van der Waals surface area (Å²) in [6.45, 7) is 1.70. The maximum absolute atomic E-state index is 11.6. The number of hydrogen-bond donors (Lipinski definition) is 0. The highest BCUT2D eigenvalue weighted by molar-refractivity contribution is 5.72. The first kappa shape index (κ1) is 16.7. The van der Waals surface area contributed by atoms with Crippen molar-refractivity contribution < 1.29 is 19.0 Å². The zero-order chi connectivity index (χ0) is 16.7. The lowest BCUT2D eigenvalue weighted by Gasteiger charge is -2.27. The molecule has 0 saturated carbocycles. The zero-order valence-electron chi connectivity index (χ0n) is 13.6. The predicted octanol–water partition coefficient (Wildman–Crippen LogP) is 3.50. The Bertz CT molecular complexity index is 594. The molecule has 0 amide bonds. The third kappa shape index (κ3) is 4.66. The smallest absolute Gasteiger partial charge is 0.306 e. The molecule has 4 heteroatoms. The van der Waals surface area contributed by atoms with Crippen LogP contribution < -0.4 is 0 Å². The van der Waals surface area contributed by atoms with E-state index in [1.165, 1.54) is 0 Å². The Morgan fingerprint density at radius 1 is 0.833 bits per heavy atom. The van der Waals surface area contributed by atoms with E-state index in [4.69, 9.17) is 14.2 Å². The van der Waals surface area contributed by atoms with Gasteiger partial charge in [-0.2, -0.15) is 0 Å². The minimum Gasteiger partial charge on any atom is -0.454 e. The van der Waals surface area contributed by atoms with Crippen molar-refractivity contribution in [3.63, 3.8) is 0 Å². The highest BCUT2D eigenvalue weighted by atomic mass is 16.6. The second-order valence-corrected chi connectivity index (χ2v) is 6.11. The Morgan fingerprint density at radius 2 is 1.33 bits per heavy atom. The van der Waals surface area contributed by atoms with Crippen molar-refractivity contribution in [2.24, 2.45) is 0 Å². The molecular weight excluding hydrogens is 304 g/mol. The van der Waals surface area contributed by atoms with E-state index in [9.17, 15) is 4.79 Å². The fourth-order valence-corrected chi connectivity index (χ4v) is 2.78. The minimum atomic E-state index is -0.666. The Kier molecular flexibility index (Phi) is 5.62. The fraction of sp³-hybridized carbons (Fsp3) is 0.350. The van der Waals surface area contributed by atoms with E-state index in [-0.39, 0.29) is 5.97 Å². The quantitative estimate of drug-likeness (QED) is 0.697. The molecule has 0 spiro atoms. The molecule has 0 radical (unpaired) electrons. The number of ether oxygens (including phenoxy) is 3. The van der Waals surface area contributed by atoms with Gasteiger partial charge in [-0.3, -0.25) is 4.79 Å². The summed E-state index contributed by atoms with van der Waals surface area (Å²) in [6.07, 6.45) is 1.05. The van der Waals surface area contributed by atoms with Gasteiger partial charge in [0, 0.05) is 12.8 Å². The molecule has 1 aliphatic rings. The van der Waals surface area contributed by atoms with Crippen LogP contribution in [0.1, 0.15) is 24.0 Å². The maximum Gasteiger partial charge on any atom is 0.306 e. The maximum atomic E-state index is 11.6. The van der Waals surface area contributed by atoms with Crippen LogP contribution in [0.4, 0.5) is 0 Å². The SMILES string of the molecule is O=C1CCC(COCc2ccccc2)(COCc2ccccc2)O1. The van der Waals surface area contributed by atoms with Crippen LogP contribution in [-0.4, -0.2) is 24.8 Å². The summed E-state index contributed by atoms with van der Waals surface area (Å²) in [6, 6.07) is 19.9. The summed E-state index contributed by atoms with van der Waals surface area (Å²) >= 11 is 0. The minimum absolute atomic E-state index is 0.179. The third-order valence-corrected chi connectivity index (χ3v) is 4.07. The molecule has 0 N–H and O–H groups in total. The molecule has 126 valence electrons. The van der Waals surface area contributed by atoms with Crippen LogP contribution in [0.2, 0.25) is 0 Å². The molecule has 3 rings (SSSR count). The van der Waals surface area contributed by atoms with Crippen molar-refractivity contribution in [2.45, 2.75) is 31.7 Å². The van der Waals surface area contributed by atoms with Gasteiger partial charge in [-0.05, 0) is 11.1 Å². The molecule has 1 saturated heterocycles. The summed E-state index contributed by atoms with van der Waals surface area (Å²) < 4.78 is 17.1. The van der Waals surface area contributed by atoms with Crippen molar-refractivity contribution >= 4 is 5.97 Å². The number of carbonyl (C=O) groups excluding carboxylic acids is 1. The molecule has 1 heterocycles. The Labute approximate surface area is 142 Å². The van der Waals surface area contributed by atoms with Crippen LogP contribution in [0.5, 0.6) is 0 Å². The number of esters is 1. The Hall–Kier alpha value is -2.17. The van der Waals surface area contributed by atoms with Crippen molar-refractivity contribution in [3.8, 4) is 0 Å². The van der Waals surface area contributed by atoms with Crippen molar-refractivity contribution in [1.29, 1.82) is 0 Å². The normalized spacial score (nSPS) is 16.1. The average Bonchev–Trinajstić information content (AvgIpc) is 2.98. The topological polar surface area (TPSA) is 44.8 Å². The largest absolute Gasteiger partial charge is 0.454 e. The molecule has 24 heavy (non-hydrogen) atoms. The van der Waals surface area contributed by atoms with Crippen LogP contribution in [0, 0.1) is 0 Å².